The molecule has 7 heteroatoms. The number of nitrogens with zero attached hydrogens (tertiary/aromatic N) is 3. The van der Waals surface area contributed by atoms with Gasteiger partial charge in [0.05, 0.1) is 6.04 Å². The number of fused-ring (bicyclic) bond motifs is 1. The number of rotatable bonds is 4. The quantitative estimate of drug-likeness (QED) is 0.642. The molecule has 1 aliphatic heterocycles. The normalized spacial score (nSPS) is 15.9. The van der Waals surface area contributed by atoms with Crippen LogP contribution < -0.4 is 10.6 Å². The minimum atomic E-state index is -0.298. The predicted molar refractivity (Wildman–Crippen MR) is 111 cm³/mol. The molecule has 0 saturated heterocycles. The third-order valence-electron chi connectivity index (χ3n) is 4.37. The Hall–Kier alpha value is -3.38. The Kier molecular flexibility index (Phi) is 4.95. The molecule has 1 aromatic heterocycles. The molecule has 0 aliphatic carbocycles. The van der Waals surface area contributed by atoms with Gasteiger partial charge in [0.15, 0.2) is 0 Å². The fourth-order valence-corrected chi connectivity index (χ4v) is 3.17. The van der Waals surface area contributed by atoms with Crippen LogP contribution in [0.25, 0.3) is 6.08 Å². The van der Waals surface area contributed by atoms with Crippen LogP contribution in [-0.4, -0.2) is 20.7 Å². The van der Waals surface area contributed by atoms with E-state index in [0.717, 1.165) is 16.8 Å². The molecule has 1 aliphatic rings. The smallest absolute Gasteiger partial charge is 0.250 e. The summed E-state index contributed by atoms with van der Waals surface area (Å²) in [6.45, 7) is 4.02. The van der Waals surface area contributed by atoms with Crippen LogP contribution >= 0.6 is 11.6 Å². The Balaban J connectivity index is 1.54. The number of anilines is 2. The molecular weight excluding hydrogens is 374 g/mol. The van der Waals surface area contributed by atoms with E-state index in [9.17, 15) is 4.79 Å². The maximum absolute atomic E-state index is 12.2. The molecule has 2 heterocycles. The van der Waals surface area contributed by atoms with E-state index >= 15 is 0 Å². The number of benzene rings is 2. The van der Waals surface area contributed by atoms with Crippen molar-refractivity contribution >= 4 is 35.5 Å². The van der Waals surface area contributed by atoms with Crippen LogP contribution in [0.5, 0.6) is 0 Å². The Morgan fingerprint density at radius 1 is 1.21 bits per heavy atom. The average Bonchev–Trinajstić information content (AvgIpc) is 3.09. The van der Waals surface area contributed by atoms with Crippen molar-refractivity contribution in [2.75, 3.05) is 10.6 Å². The minimum absolute atomic E-state index is 0.0703. The van der Waals surface area contributed by atoms with E-state index in [2.05, 4.69) is 27.3 Å². The third kappa shape index (κ3) is 3.97. The van der Waals surface area contributed by atoms with E-state index in [0.29, 0.717) is 17.4 Å². The predicted octanol–water partition coefficient (Wildman–Crippen LogP) is 4.50. The summed E-state index contributed by atoms with van der Waals surface area (Å²) in [5.41, 5.74) is 2.82. The van der Waals surface area contributed by atoms with E-state index in [-0.39, 0.29) is 17.9 Å². The summed E-state index contributed by atoms with van der Waals surface area (Å²) in [5, 5.41) is 11.0. The van der Waals surface area contributed by atoms with Gasteiger partial charge in [0, 0.05) is 23.2 Å². The van der Waals surface area contributed by atoms with Gasteiger partial charge in [-0.1, -0.05) is 60.6 Å². The standard InChI is InChI=1S/C21H18ClN5O/c1-14-13-18(16-8-10-17(22)11-9-16)27-21(23-14)25-20(26-27)24-19(28)12-7-15-5-3-2-4-6-15/h2-12,18H,1,13H2,(H2,23,24,25,26,28)/b12-7+/t18-/m1/s1. The lowest BCUT2D eigenvalue weighted by molar-refractivity contribution is -0.111. The summed E-state index contributed by atoms with van der Waals surface area (Å²) in [5.74, 6) is 0.478. The van der Waals surface area contributed by atoms with Crippen molar-refractivity contribution in [3.05, 3.63) is 89.1 Å². The van der Waals surface area contributed by atoms with Crippen LogP contribution in [-0.2, 0) is 4.79 Å². The number of aromatic nitrogens is 3. The van der Waals surface area contributed by atoms with Gasteiger partial charge < -0.3 is 5.32 Å². The Labute approximate surface area is 167 Å². The molecule has 3 aromatic rings. The Morgan fingerprint density at radius 2 is 1.96 bits per heavy atom. The van der Waals surface area contributed by atoms with E-state index < -0.39 is 0 Å². The zero-order valence-electron chi connectivity index (χ0n) is 15.0. The van der Waals surface area contributed by atoms with Gasteiger partial charge in [-0.15, -0.1) is 5.10 Å². The topological polar surface area (TPSA) is 71.8 Å². The lowest BCUT2D eigenvalue weighted by Crippen LogP contribution is -2.23. The number of halogens is 1. The number of carbonyl (C=O) groups is 1. The van der Waals surface area contributed by atoms with Crippen molar-refractivity contribution in [1.29, 1.82) is 0 Å². The van der Waals surface area contributed by atoms with Crippen molar-refractivity contribution < 1.29 is 4.79 Å². The van der Waals surface area contributed by atoms with Gasteiger partial charge in [0.1, 0.15) is 0 Å². The maximum Gasteiger partial charge on any atom is 0.250 e. The van der Waals surface area contributed by atoms with Gasteiger partial charge in [-0.25, -0.2) is 4.68 Å². The van der Waals surface area contributed by atoms with Crippen LogP contribution in [0.1, 0.15) is 23.6 Å². The largest absolute Gasteiger partial charge is 0.329 e. The second kappa shape index (κ2) is 7.70. The van der Waals surface area contributed by atoms with Crippen molar-refractivity contribution in [3.63, 3.8) is 0 Å². The zero-order valence-corrected chi connectivity index (χ0v) is 15.7. The van der Waals surface area contributed by atoms with Crippen LogP contribution in [0.2, 0.25) is 5.02 Å². The molecule has 0 bridgehead atoms. The van der Waals surface area contributed by atoms with Crippen LogP contribution in [0.4, 0.5) is 11.9 Å². The Morgan fingerprint density at radius 3 is 2.71 bits per heavy atom. The van der Waals surface area contributed by atoms with Crippen LogP contribution in [0, 0.1) is 0 Å². The van der Waals surface area contributed by atoms with E-state index in [4.69, 9.17) is 11.6 Å². The molecular formula is C21H18ClN5O. The highest BCUT2D eigenvalue weighted by Crippen LogP contribution is 2.33. The van der Waals surface area contributed by atoms with Gasteiger partial charge in [-0.3, -0.25) is 10.1 Å². The summed E-state index contributed by atoms with van der Waals surface area (Å²) < 4.78 is 1.76. The maximum atomic E-state index is 12.2. The van der Waals surface area contributed by atoms with Crippen LogP contribution in [0.15, 0.2) is 72.9 Å². The number of allylic oxidation sites excluding steroid dienone is 1. The van der Waals surface area contributed by atoms with Crippen molar-refractivity contribution in [2.45, 2.75) is 12.5 Å². The summed E-state index contributed by atoms with van der Waals surface area (Å²) in [4.78, 5) is 16.6. The summed E-state index contributed by atoms with van der Waals surface area (Å²) in [6.07, 6.45) is 3.86. The van der Waals surface area contributed by atoms with Crippen molar-refractivity contribution in [3.8, 4) is 0 Å². The summed E-state index contributed by atoms with van der Waals surface area (Å²) in [7, 11) is 0. The zero-order chi connectivity index (χ0) is 19.5. The second-order valence-electron chi connectivity index (χ2n) is 6.44. The number of carbonyl (C=O) groups excluding carboxylic acids is 1. The molecule has 0 radical (unpaired) electrons. The molecule has 140 valence electrons. The first-order valence-corrected chi connectivity index (χ1v) is 9.17. The fraction of sp³-hybridized carbons (Fsp3) is 0.0952. The van der Waals surface area contributed by atoms with Crippen molar-refractivity contribution in [1.82, 2.24) is 14.8 Å². The molecule has 0 saturated carbocycles. The molecule has 4 rings (SSSR count). The highest BCUT2D eigenvalue weighted by molar-refractivity contribution is 6.30. The lowest BCUT2D eigenvalue weighted by Gasteiger charge is -2.26. The second-order valence-corrected chi connectivity index (χ2v) is 6.87. The summed E-state index contributed by atoms with van der Waals surface area (Å²) >= 11 is 6.00. The number of hydrogen-bond donors (Lipinski definition) is 2. The van der Waals surface area contributed by atoms with Gasteiger partial charge >= 0.3 is 0 Å². The molecule has 2 N–H and O–H groups in total. The van der Waals surface area contributed by atoms with Gasteiger partial charge in [-0.2, -0.15) is 4.98 Å². The highest BCUT2D eigenvalue weighted by atomic mass is 35.5. The molecule has 0 unspecified atom stereocenters. The van der Waals surface area contributed by atoms with Gasteiger partial charge in [0.2, 0.25) is 5.95 Å². The number of amides is 1. The van der Waals surface area contributed by atoms with E-state index in [1.54, 1.807) is 10.8 Å². The molecule has 28 heavy (non-hydrogen) atoms. The first-order valence-electron chi connectivity index (χ1n) is 8.79. The van der Waals surface area contributed by atoms with E-state index in [1.165, 1.54) is 6.08 Å². The average molecular weight is 392 g/mol. The first kappa shape index (κ1) is 18.0. The third-order valence-corrected chi connectivity index (χ3v) is 4.62. The number of nitrogens with one attached hydrogen (secondary N) is 2. The molecule has 0 fully saturated rings. The SMILES string of the molecule is C=C1C[C@H](c2ccc(Cl)cc2)n2nc(NC(=O)/C=C/c3ccccc3)nc2N1. The Bertz CT molecular complexity index is 1040. The molecule has 2 aromatic carbocycles. The summed E-state index contributed by atoms with van der Waals surface area (Å²) in [6, 6.07) is 17.1. The fourth-order valence-electron chi connectivity index (χ4n) is 3.04. The van der Waals surface area contributed by atoms with Gasteiger partial charge in [-0.05, 0) is 29.3 Å². The van der Waals surface area contributed by atoms with E-state index in [1.807, 2.05) is 54.6 Å². The van der Waals surface area contributed by atoms with Crippen LogP contribution in [0.3, 0.4) is 0 Å². The van der Waals surface area contributed by atoms with Gasteiger partial charge in [0.25, 0.3) is 11.9 Å². The monoisotopic (exact) mass is 391 g/mol. The molecule has 1 amide bonds. The van der Waals surface area contributed by atoms with Crippen molar-refractivity contribution in [2.24, 2.45) is 0 Å². The highest BCUT2D eigenvalue weighted by Gasteiger charge is 2.26. The number of hydrogen-bond acceptors (Lipinski definition) is 4. The molecule has 6 nitrogen and oxygen atoms in total. The molecule has 0 spiro atoms. The first-order chi connectivity index (χ1) is 13.6. The minimum Gasteiger partial charge on any atom is -0.329 e. The molecule has 1 atom stereocenters. The lowest BCUT2D eigenvalue weighted by atomic mass is 10.0.